The van der Waals surface area contributed by atoms with Crippen LogP contribution in [-0.4, -0.2) is 15.8 Å². The van der Waals surface area contributed by atoms with Gasteiger partial charge in [-0.05, 0) is 41.5 Å². The predicted molar refractivity (Wildman–Crippen MR) is 95.6 cm³/mol. The summed E-state index contributed by atoms with van der Waals surface area (Å²) in [7, 11) is 0. The van der Waals surface area contributed by atoms with Crippen LogP contribution in [0.3, 0.4) is 0 Å². The zero-order valence-corrected chi connectivity index (χ0v) is 14.5. The second-order valence-electron chi connectivity index (χ2n) is 5.75. The Hall–Kier alpha value is -2.79. The average molecular weight is 373 g/mol. The first-order chi connectivity index (χ1) is 12.5. The number of hydrogen-bond acceptors (Lipinski definition) is 2. The third-order valence-electron chi connectivity index (χ3n) is 3.85. The smallest absolute Gasteiger partial charge is 0.254 e. The van der Waals surface area contributed by atoms with Gasteiger partial charge in [0.15, 0.2) is 0 Å². The fourth-order valence-electron chi connectivity index (χ4n) is 2.59. The van der Waals surface area contributed by atoms with Gasteiger partial charge in [-0.15, -0.1) is 0 Å². The SMILES string of the molecule is O=C(c1cccc(F)c1)N(Cc1cccnc1)Cc1cccc(F)c1Cl. The van der Waals surface area contributed by atoms with Crippen LogP contribution >= 0.6 is 11.6 Å². The van der Waals surface area contributed by atoms with E-state index >= 15 is 0 Å². The third-order valence-corrected chi connectivity index (χ3v) is 4.27. The maximum atomic E-state index is 13.7. The van der Waals surface area contributed by atoms with Crippen molar-refractivity contribution in [2.45, 2.75) is 13.1 Å². The van der Waals surface area contributed by atoms with Crippen LogP contribution in [0.25, 0.3) is 0 Å². The molecule has 1 heterocycles. The van der Waals surface area contributed by atoms with Crippen molar-refractivity contribution in [2.24, 2.45) is 0 Å². The Balaban J connectivity index is 1.93. The van der Waals surface area contributed by atoms with Gasteiger partial charge >= 0.3 is 0 Å². The van der Waals surface area contributed by atoms with Crippen LogP contribution in [0.1, 0.15) is 21.5 Å². The maximum absolute atomic E-state index is 13.7. The molecule has 132 valence electrons. The lowest BCUT2D eigenvalue weighted by atomic mass is 10.1. The molecule has 0 aliphatic rings. The highest BCUT2D eigenvalue weighted by molar-refractivity contribution is 6.31. The number of carbonyl (C=O) groups is 1. The summed E-state index contributed by atoms with van der Waals surface area (Å²) < 4.78 is 27.2. The quantitative estimate of drug-likeness (QED) is 0.641. The molecule has 26 heavy (non-hydrogen) atoms. The van der Waals surface area contributed by atoms with E-state index in [4.69, 9.17) is 11.6 Å². The predicted octanol–water partition coefficient (Wildman–Crippen LogP) is 4.86. The third kappa shape index (κ3) is 4.24. The Kier molecular flexibility index (Phi) is 5.58. The highest BCUT2D eigenvalue weighted by atomic mass is 35.5. The molecule has 0 unspecified atom stereocenters. The van der Waals surface area contributed by atoms with Crippen LogP contribution in [0.15, 0.2) is 67.0 Å². The zero-order chi connectivity index (χ0) is 18.5. The highest BCUT2D eigenvalue weighted by Crippen LogP contribution is 2.23. The number of rotatable bonds is 5. The lowest BCUT2D eigenvalue weighted by Gasteiger charge is -2.23. The van der Waals surface area contributed by atoms with Crippen molar-refractivity contribution in [3.8, 4) is 0 Å². The van der Waals surface area contributed by atoms with Gasteiger partial charge < -0.3 is 4.90 Å². The van der Waals surface area contributed by atoms with Gasteiger partial charge in [0, 0.05) is 31.0 Å². The Bertz CT molecular complexity index is 919. The number of nitrogens with zero attached hydrogens (tertiary/aromatic N) is 2. The molecule has 3 aromatic rings. The molecule has 1 amide bonds. The number of amides is 1. The largest absolute Gasteiger partial charge is 0.330 e. The number of halogens is 3. The van der Waals surface area contributed by atoms with E-state index in [1.807, 2.05) is 6.07 Å². The first kappa shape index (κ1) is 18.0. The summed E-state index contributed by atoms with van der Waals surface area (Å²) in [6, 6.07) is 13.5. The van der Waals surface area contributed by atoms with Crippen molar-refractivity contribution in [1.29, 1.82) is 0 Å². The summed E-state index contributed by atoms with van der Waals surface area (Å²) in [6.45, 7) is 0.316. The minimum Gasteiger partial charge on any atom is -0.330 e. The summed E-state index contributed by atoms with van der Waals surface area (Å²) in [6.07, 6.45) is 3.27. The molecule has 3 nitrogen and oxygen atoms in total. The van der Waals surface area contributed by atoms with Gasteiger partial charge in [-0.25, -0.2) is 8.78 Å². The Morgan fingerprint density at radius 3 is 2.58 bits per heavy atom. The molecule has 0 atom stereocenters. The summed E-state index contributed by atoms with van der Waals surface area (Å²) in [5.41, 5.74) is 1.48. The van der Waals surface area contributed by atoms with E-state index in [0.717, 1.165) is 5.56 Å². The van der Waals surface area contributed by atoms with E-state index < -0.39 is 11.6 Å². The van der Waals surface area contributed by atoms with Gasteiger partial charge in [-0.2, -0.15) is 0 Å². The normalized spacial score (nSPS) is 10.6. The topological polar surface area (TPSA) is 33.2 Å². The lowest BCUT2D eigenvalue weighted by Crippen LogP contribution is -2.30. The van der Waals surface area contributed by atoms with E-state index in [-0.39, 0.29) is 29.6 Å². The number of aromatic nitrogens is 1. The van der Waals surface area contributed by atoms with E-state index in [2.05, 4.69) is 4.98 Å². The van der Waals surface area contributed by atoms with E-state index in [9.17, 15) is 13.6 Å². The van der Waals surface area contributed by atoms with Crippen molar-refractivity contribution in [1.82, 2.24) is 9.88 Å². The van der Waals surface area contributed by atoms with E-state index in [1.165, 1.54) is 41.3 Å². The molecule has 0 radical (unpaired) electrons. The summed E-state index contributed by atoms with van der Waals surface area (Å²) in [4.78, 5) is 18.4. The maximum Gasteiger partial charge on any atom is 0.254 e. The van der Waals surface area contributed by atoms with Crippen LogP contribution in [0.4, 0.5) is 8.78 Å². The van der Waals surface area contributed by atoms with Gasteiger partial charge in [0.25, 0.3) is 5.91 Å². The second kappa shape index (κ2) is 8.06. The highest BCUT2D eigenvalue weighted by Gasteiger charge is 2.19. The molecule has 0 aliphatic carbocycles. The summed E-state index contributed by atoms with van der Waals surface area (Å²) in [5.74, 6) is -1.43. The van der Waals surface area contributed by atoms with Crippen molar-refractivity contribution in [3.05, 3.63) is 100 Å². The standard InChI is InChI=1S/C20H15ClF2N2O/c21-19-16(6-2-8-18(19)23)13-25(12-14-4-3-9-24-11-14)20(26)15-5-1-7-17(22)10-15/h1-11H,12-13H2. The molecule has 6 heteroatoms. The fraction of sp³-hybridized carbons (Fsp3) is 0.100. The summed E-state index contributed by atoms with van der Waals surface area (Å²) >= 11 is 6.03. The van der Waals surface area contributed by atoms with Gasteiger partial charge in [-0.1, -0.05) is 35.9 Å². The molecule has 1 aromatic heterocycles. The number of carbonyl (C=O) groups excluding carboxylic acids is 1. The molecule has 0 spiro atoms. The minimum absolute atomic E-state index is 0.0317. The number of pyridine rings is 1. The van der Waals surface area contributed by atoms with Crippen molar-refractivity contribution < 1.29 is 13.6 Å². The van der Waals surface area contributed by atoms with Crippen LogP contribution < -0.4 is 0 Å². The molecular formula is C20H15ClF2N2O. The molecular weight excluding hydrogens is 358 g/mol. The van der Waals surface area contributed by atoms with Crippen LogP contribution in [0.5, 0.6) is 0 Å². The molecule has 0 N–H and O–H groups in total. The monoisotopic (exact) mass is 372 g/mol. The molecule has 2 aromatic carbocycles. The van der Waals surface area contributed by atoms with Gasteiger partial charge in [0.05, 0.1) is 5.02 Å². The fourth-order valence-corrected chi connectivity index (χ4v) is 2.78. The Morgan fingerprint density at radius 1 is 1.04 bits per heavy atom. The van der Waals surface area contributed by atoms with E-state index in [0.29, 0.717) is 5.56 Å². The first-order valence-corrected chi connectivity index (χ1v) is 8.29. The zero-order valence-electron chi connectivity index (χ0n) is 13.7. The minimum atomic E-state index is -0.552. The van der Waals surface area contributed by atoms with Crippen LogP contribution in [-0.2, 0) is 13.1 Å². The number of hydrogen-bond donors (Lipinski definition) is 0. The van der Waals surface area contributed by atoms with Gasteiger partial charge in [-0.3, -0.25) is 9.78 Å². The molecule has 0 saturated carbocycles. The Morgan fingerprint density at radius 2 is 1.85 bits per heavy atom. The van der Waals surface area contributed by atoms with Crippen molar-refractivity contribution >= 4 is 17.5 Å². The molecule has 0 aliphatic heterocycles. The van der Waals surface area contributed by atoms with Gasteiger partial charge in [0.1, 0.15) is 11.6 Å². The average Bonchev–Trinajstić information content (AvgIpc) is 2.65. The molecule has 0 bridgehead atoms. The van der Waals surface area contributed by atoms with Crippen molar-refractivity contribution in [3.63, 3.8) is 0 Å². The van der Waals surface area contributed by atoms with Crippen LogP contribution in [0.2, 0.25) is 5.02 Å². The van der Waals surface area contributed by atoms with Gasteiger partial charge in [0.2, 0.25) is 0 Å². The number of benzene rings is 2. The molecule has 0 saturated heterocycles. The van der Waals surface area contributed by atoms with Crippen molar-refractivity contribution in [2.75, 3.05) is 0 Å². The molecule has 0 fully saturated rings. The Labute approximate surface area is 154 Å². The molecule has 3 rings (SSSR count). The lowest BCUT2D eigenvalue weighted by molar-refractivity contribution is 0.0729. The van der Waals surface area contributed by atoms with E-state index in [1.54, 1.807) is 24.5 Å². The second-order valence-corrected chi connectivity index (χ2v) is 6.12. The van der Waals surface area contributed by atoms with Crippen LogP contribution in [0, 0.1) is 11.6 Å². The first-order valence-electron chi connectivity index (χ1n) is 7.91. The summed E-state index contributed by atoms with van der Waals surface area (Å²) in [5, 5.41) is -0.0317.